The highest BCUT2D eigenvalue weighted by molar-refractivity contribution is 5.51. The first-order chi connectivity index (χ1) is 15.5. The molecule has 35 heavy (non-hydrogen) atoms. The molecule has 0 aliphatic rings. The average Bonchev–Trinajstić information content (AvgIpc) is 2.63. The highest BCUT2D eigenvalue weighted by Crippen LogP contribution is 2.44. The lowest BCUT2D eigenvalue weighted by Crippen LogP contribution is -2.29. The molecule has 196 valence electrons. The minimum Gasteiger partial charge on any atom is -0.0584 e. The van der Waals surface area contributed by atoms with Gasteiger partial charge in [-0.3, -0.25) is 0 Å². The summed E-state index contributed by atoms with van der Waals surface area (Å²) in [6, 6.07) is 12.2. The minimum atomic E-state index is 0.0889. The maximum atomic E-state index is 2.51. The lowest BCUT2D eigenvalue weighted by molar-refractivity contribution is 0.492. The van der Waals surface area contributed by atoms with Crippen LogP contribution < -0.4 is 0 Å². The second kappa shape index (κ2) is 9.39. The van der Waals surface area contributed by atoms with Gasteiger partial charge in [0.2, 0.25) is 0 Å². The Kier molecular flexibility index (Phi) is 7.96. The maximum Gasteiger partial charge on any atom is -0.0126 e. The van der Waals surface area contributed by atoms with Crippen molar-refractivity contribution in [2.75, 3.05) is 0 Å². The standard InChI is InChI=1S/C35H56/c1-23(24-17-19-26(31(2,3)4)28(22-24)33(8,9)10)21-25-18-20-27(32(5,6)7)30(35(14,15)16)29(25)34(11,12)13/h17-20,22-23H,21H2,1-16H3. The van der Waals surface area contributed by atoms with Gasteiger partial charge in [-0.05, 0) is 78.4 Å². The summed E-state index contributed by atoms with van der Waals surface area (Å²) >= 11 is 0. The second-order valence-corrected chi connectivity index (χ2v) is 16.2. The van der Waals surface area contributed by atoms with Crippen LogP contribution in [0, 0.1) is 0 Å². The molecule has 2 rings (SSSR count). The smallest absolute Gasteiger partial charge is 0.0126 e. The van der Waals surface area contributed by atoms with E-state index >= 15 is 0 Å². The van der Waals surface area contributed by atoms with Gasteiger partial charge in [0.05, 0.1) is 0 Å². The summed E-state index contributed by atoms with van der Waals surface area (Å²) in [7, 11) is 0. The highest BCUT2D eigenvalue weighted by atomic mass is 14.4. The molecule has 0 fully saturated rings. The summed E-state index contributed by atoms with van der Waals surface area (Å²) in [6.07, 6.45) is 1.07. The van der Waals surface area contributed by atoms with Crippen molar-refractivity contribution in [1.82, 2.24) is 0 Å². The van der Waals surface area contributed by atoms with Crippen molar-refractivity contribution in [2.24, 2.45) is 0 Å². The lowest BCUT2D eigenvalue weighted by Gasteiger charge is -2.38. The van der Waals surface area contributed by atoms with Crippen LogP contribution in [0.15, 0.2) is 30.3 Å². The first kappa shape index (κ1) is 29.7. The van der Waals surface area contributed by atoms with Crippen molar-refractivity contribution in [1.29, 1.82) is 0 Å². The van der Waals surface area contributed by atoms with Crippen LogP contribution in [0.2, 0.25) is 0 Å². The van der Waals surface area contributed by atoms with Crippen LogP contribution in [0.3, 0.4) is 0 Å². The van der Waals surface area contributed by atoms with E-state index in [1.165, 1.54) is 27.8 Å². The van der Waals surface area contributed by atoms with E-state index in [0.717, 1.165) is 6.42 Å². The van der Waals surface area contributed by atoms with Gasteiger partial charge < -0.3 is 0 Å². The molecule has 0 aliphatic carbocycles. The van der Waals surface area contributed by atoms with Crippen molar-refractivity contribution >= 4 is 0 Å². The zero-order valence-electron chi connectivity index (χ0n) is 26.2. The molecule has 2 aromatic rings. The molecule has 0 amide bonds. The maximum absolute atomic E-state index is 2.51. The van der Waals surface area contributed by atoms with Crippen LogP contribution in [0.25, 0.3) is 0 Å². The summed E-state index contributed by atoms with van der Waals surface area (Å²) in [5.41, 5.74) is 11.1. The number of hydrogen-bond donors (Lipinski definition) is 0. The zero-order valence-corrected chi connectivity index (χ0v) is 26.2. The van der Waals surface area contributed by atoms with E-state index in [9.17, 15) is 0 Å². The monoisotopic (exact) mass is 476 g/mol. The third kappa shape index (κ3) is 6.81. The fraction of sp³-hybridized carbons (Fsp3) is 0.657. The van der Waals surface area contributed by atoms with Crippen LogP contribution in [0.1, 0.15) is 156 Å². The molecule has 1 atom stereocenters. The number of rotatable bonds is 3. The summed E-state index contributed by atoms with van der Waals surface area (Å²) in [5, 5.41) is 0. The molecule has 0 nitrogen and oxygen atoms in total. The first-order valence-corrected chi connectivity index (χ1v) is 13.8. The SMILES string of the molecule is CC(Cc1ccc(C(C)(C)C)c(C(C)(C)C)c1C(C)(C)C)c1ccc(C(C)(C)C)c(C(C)(C)C)c1. The van der Waals surface area contributed by atoms with E-state index in [4.69, 9.17) is 0 Å². The van der Waals surface area contributed by atoms with E-state index in [2.05, 4.69) is 141 Å². The lowest BCUT2D eigenvalue weighted by atomic mass is 9.66. The molecule has 0 bridgehead atoms. The number of benzene rings is 2. The minimum absolute atomic E-state index is 0.0889. The fourth-order valence-corrected chi connectivity index (χ4v) is 5.67. The molecule has 2 aromatic carbocycles. The quantitative estimate of drug-likeness (QED) is 0.413. The Morgan fingerprint density at radius 2 is 0.914 bits per heavy atom. The average molecular weight is 477 g/mol. The molecule has 0 saturated heterocycles. The van der Waals surface area contributed by atoms with Crippen LogP contribution in [0.5, 0.6) is 0 Å². The molecule has 0 heteroatoms. The summed E-state index contributed by atoms with van der Waals surface area (Å²) in [6.45, 7) is 37.9. The summed E-state index contributed by atoms with van der Waals surface area (Å²) < 4.78 is 0. The summed E-state index contributed by atoms with van der Waals surface area (Å²) in [5.74, 6) is 0.458. The third-order valence-corrected chi connectivity index (χ3v) is 7.35. The Morgan fingerprint density at radius 3 is 1.31 bits per heavy atom. The molecule has 0 saturated carbocycles. The van der Waals surface area contributed by atoms with E-state index in [0.29, 0.717) is 5.92 Å². The van der Waals surface area contributed by atoms with Crippen LogP contribution in [0.4, 0.5) is 0 Å². The fourth-order valence-electron chi connectivity index (χ4n) is 5.67. The normalized spacial score (nSPS) is 14.9. The molecule has 0 aromatic heterocycles. The van der Waals surface area contributed by atoms with E-state index in [-0.39, 0.29) is 27.1 Å². The molecular formula is C35H56. The molecule has 0 spiro atoms. The van der Waals surface area contributed by atoms with Crippen molar-refractivity contribution in [2.45, 2.75) is 150 Å². The van der Waals surface area contributed by atoms with Gasteiger partial charge in [0.25, 0.3) is 0 Å². The third-order valence-electron chi connectivity index (χ3n) is 7.35. The van der Waals surface area contributed by atoms with Gasteiger partial charge in [-0.2, -0.15) is 0 Å². The molecule has 0 aliphatic heterocycles. The van der Waals surface area contributed by atoms with Crippen molar-refractivity contribution in [3.63, 3.8) is 0 Å². The molecule has 0 N–H and O–H groups in total. The predicted molar refractivity (Wildman–Crippen MR) is 159 cm³/mol. The Hall–Kier alpha value is -1.56. The van der Waals surface area contributed by atoms with Crippen molar-refractivity contribution in [3.05, 3.63) is 69.3 Å². The largest absolute Gasteiger partial charge is 0.0584 e. The Balaban J connectivity index is 2.70. The van der Waals surface area contributed by atoms with Gasteiger partial charge >= 0.3 is 0 Å². The molecule has 1 unspecified atom stereocenters. The Bertz CT molecular complexity index is 1030. The Morgan fingerprint density at radius 1 is 0.486 bits per heavy atom. The van der Waals surface area contributed by atoms with E-state index in [1.54, 1.807) is 11.1 Å². The first-order valence-electron chi connectivity index (χ1n) is 13.8. The number of hydrogen-bond acceptors (Lipinski definition) is 0. The molecule has 0 heterocycles. The Labute approximate surface area is 219 Å². The van der Waals surface area contributed by atoms with Crippen molar-refractivity contribution < 1.29 is 0 Å². The van der Waals surface area contributed by atoms with Gasteiger partial charge in [0.1, 0.15) is 0 Å². The van der Waals surface area contributed by atoms with E-state index < -0.39 is 0 Å². The van der Waals surface area contributed by atoms with Gasteiger partial charge in [0, 0.05) is 0 Å². The highest BCUT2D eigenvalue weighted by Gasteiger charge is 2.34. The van der Waals surface area contributed by atoms with Crippen LogP contribution >= 0.6 is 0 Å². The van der Waals surface area contributed by atoms with E-state index in [1.807, 2.05) is 0 Å². The summed E-state index contributed by atoms with van der Waals surface area (Å²) in [4.78, 5) is 0. The molecular weight excluding hydrogens is 420 g/mol. The second-order valence-electron chi connectivity index (χ2n) is 16.2. The van der Waals surface area contributed by atoms with Gasteiger partial charge in [-0.1, -0.05) is 141 Å². The van der Waals surface area contributed by atoms with Gasteiger partial charge in [-0.15, -0.1) is 0 Å². The van der Waals surface area contributed by atoms with Crippen molar-refractivity contribution in [3.8, 4) is 0 Å². The van der Waals surface area contributed by atoms with Crippen LogP contribution in [-0.2, 0) is 33.5 Å². The zero-order chi connectivity index (χ0) is 27.4. The topological polar surface area (TPSA) is 0 Å². The molecule has 0 radical (unpaired) electrons. The van der Waals surface area contributed by atoms with Gasteiger partial charge in [0.15, 0.2) is 0 Å². The predicted octanol–water partition coefficient (Wildman–Crippen LogP) is 10.5. The van der Waals surface area contributed by atoms with Gasteiger partial charge in [-0.25, -0.2) is 0 Å². The van der Waals surface area contributed by atoms with Crippen LogP contribution in [-0.4, -0.2) is 0 Å².